The molecule has 3 aromatic carbocycles. The predicted molar refractivity (Wildman–Crippen MR) is 120 cm³/mol. The number of hydrogen-bond donors (Lipinski definition) is 2. The number of carbonyl (C=O) groups is 1. The Hall–Kier alpha value is -3.80. The number of alkyl halides is 3. The van der Waals surface area contributed by atoms with Gasteiger partial charge in [-0.05, 0) is 64.0 Å². The van der Waals surface area contributed by atoms with Crippen LogP contribution in [0.25, 0.3) is 0 Å². The number of hydrogen-bond acceptors (Lipinski definition) is 6. The minimum absolute atomic E-state index is 0.0296. The minimum Gasteiger partial charge on any atom is -0.493 e. The summed E-state index contributed by atoms with van der Waals surface area (Å²) in [6, 6.07) is 11.4. The lowest BCUT2D eigenvalue weighted by atomic mass is 10.1. The van der Waals surface area contributed by atoms with E-state index in [2.05, 4.69) is 21.2 Å². The molecule has 0 radical (unpaired) electrons. The zero-order chi connectivity index (χ0) is 25.0. The minimum atomic E-state index is -4.75. The maximum Gasteiger partial charge on any atom is 0.416 e. The number of anilines is 1. The average Bonchev–Trinajstić information content (AvgIpc) is 2.78. The monoisotopic (exact) mass is 540 g/mol. The summed E-state index contributed by atoms with van der Waals surface area (Å²) in [6.07, 6.45) is -4.75. The SMILES string of the molecule is COc1cc(CNc2cccc(C(=O)O)c2)cc(Br)c1Oc1ccc(C(F)(F)F)cc1[N+](=O)[O-]. The van der Waals surface area contributed by atoms with Gasteiger partial charge >= 0.3 is 17.8 Å². The van der Waals surface area contributed by atoms with Gasteiger partial charge in [0.05, 0.1) is 27.6 Å². The summed E-state index contributed by atoms with van der Waals surface area (Å²) >= 11 is 3.30. The largest absolute Gasteiger partial charge is 0.493 e. The molecule has 178 valence electrons. The summed E-state index contributed by atoms with van der Waals surface area (Å²) in [5.41, 5.74) is -0.668. The average molecular weight is 541 g/mol. The van der Waals surface area contributed by atoms with Crippen LogP contribution in [0.4, 0.5) is 24.5 Å². The molecule has 8 nitrogen and oxygen atoms in total. The lowest BCUT2D eigenvalue weighted by molar-refractivity contribution is -0.385. The first-order chi connectivity index (χ1) is 16.0. The molecule has 2 N–H and O–H groups in total. The van der Waals surface area contributed by atoms with E-state index in [0.29, 0.717) is 27.9 Å². The number of nitro groups is 1. The number of nitrogens with one attached hydrogen (secondary N) is 1. The van der Waals surface area contributed by atoms with Crippen LogP contribution >= 0.6 is 15.9 Å². The van der Waals surface area contributed by atoms with Gasteiger partial charge in [0.25, 0.3) is 0 Å². The summed E-state index contributed by atoms with van der Waals surface area (Å²) in [6.45, 7) is 0.263. The molecular formula is C22H16BrF3N2O6. The van der Waals surface area contributed by atoms with Crippen LogP contribution < -0.4 is 14.8 Å². The summed E-state index contributed by atoms with van der Waals surface area (Å²) in [5.74, 6) is -1.26. The van der Waals surface area contributed by atoms with Gasteiger partial charge in [0, 0.05) is 18.3 Å². The number of nitro benzene ring substituents is 1. The van der Waals surface area contributed by atoms with Gasteiger partial charge in [-0.15, -0.1) is 0 Å². The third kappa shape index (κ3) is 5.76. The Balaban J connectivity index is 1.88. The van der Waals surface area contributed by atoms with E-state index in [1.54, 1.807) is 24.3 Å². The topological polar surface area (TPSA) is 111 Å². The standard InChI is InChI=1S/C22H16BrF3N2O6/c1-33-19-8-12(11-27-15-4-2-3-13(9-15)21(29)30)7-16(23)20(19)34-18-6-5-14(22(24,25)26)10-17(18)28(31)32/h2-10,27H,11H2,1H3,(H,29,30). The van der Waals surface area contributed by atoms with Crippen LogP contribution in [0.5, 0.6) is 17.2 Å². The molecule has 0 aliphatic carbocycles. The highest BCUT2D eigenvalue weighted by Crippen LogP contribution is 2.43. The maximum atomic E-state index is 12.9. The van der Waals surface area contributed by atoms with E-state index in [4.69, 9.17) is 14.6 Å². The second-order valence-electron chi connectivity index (χ2n) is 6.89. The van der Waals surface area contributed by atoms with Gasteiger partial charge in [-0.1, -0.05) is 6.07 Å². The molecule has 0 unspecified atom stereocenters. The van der Waals surface area contributed by atoms with Gasteiger partial charge in [0.2, 0.25) is 5.75 Å². The van der Waals surface area contributed by atoms with Crippen molar-refractivity contribution in [3.05, 3.63) is 85.9 Å². The molecule has 0 aromatic heterocycles. The number of methoxy groups -OCH3 is 1. The molecule has 0 fully saturated rings. The molecule has 0 saturated carbocycles. The van der Waals surface area contributed by atoms with E-state index < -0.39 is 34.1 Å². The molecule has 0 heterocycles. The molecule has 34 heavy (non-hydrogen) atoms. The normalized spacial score (nSPS) is 11.1. The van der Waals surface area contributed by atoms with Crippen LogP contribution in [0.2, 0.25) is 0 Å². The number of carboxylic acid groups (broad SMARTS) is 1. The highest BCUT2D eigenvalue weighted by molar-refractivity contribution is 9.10. The first kappa shape index (κ1) is 24.8. The highest BCUT2D eigenvalue weighted by Gasteiger charge is 2.33. The molecule has 0 spiro atoms. The maximum absolute atomic E-state index is 12.9. The van der Waals surface area contributed by atoms with Crippen molar-refractivity contribution < 1.29 is 37.5 Å². The number of nitrogens with zero attached hydrogens (tertiary/aromatic N) is 1. The molecule has 0 amide bonds. The number of carboxylic acids is 1. The second kappa shape index (κ2) is 10.00. The van der Waals surface area contributed by atoms with Crippen LogP contribution in [-0.4, -0.2) is 23.1 Å². The van der Waals surface area contributed by atoms with Gasteiger partial charge in [-0.3, -0.25) is 10.1 Å². The van der Waals surface area contributed by atoms with Gasteiger partial charge in [-0.2, -0.15) is 13.2 Å². The van der Waals surface area contributed by atoms with Crippen molar-refractivity contribution in [1.29, 1.82) is 0 Å². The lowest BCUT2D eigenvalue weighted by Crippen LogP contribution is -2.06. The van der Waals surface area contributed by atoms with E-state index in [9.17, 15) is 28.1 Å². The Morgan fingerprint density at radius 2 is 1.88 bits per heavy atom. The summed E-state index contributed by atoms with van der Waals surface area (Å²) in [7, 11) is 1.34. The number of benzene rings is 3. The lowest BCUT2D eigenvalue weighted by Gasteiger charge is -2.15. The molecule has 0 aliphatic rings. The molecular weight excluding hydrogens is 525 g/mol. The van der Waals surface area contributed by atoms with E-state index in [1.165, 1.54) is 19.2 Å². The Morgan fingerprint density at radius 1 is 1.15 bits per heavy atom. The first-order valence-electron chi connectivity index (χ1n) is 9.46. The fourth-order valence-electron chi connectivity index (χ4n) is 2.97. The van der Waals surface area contributed by atoms with E-state index in [-0.39, 0.29) is 23.6 Å². The van der Waals surface area contributed by atoms with Gasteiger partial charge in [0.15, 0.2) is 11.5 Å². The van der Waals surface area contributed by atoms with Crippen LogP contribution in [-0.2, 0) is 12.7 Å². The van der Waals surface area contributed by atoms with Crippen LogP contribution in [0.15, 0.2) is 59.1 Å². The molecule has 3 aromatic rings. The van der Waals surface area contributed by atoms with Crippen molar-refractivity contribution in [2.45, 2.75) is 12.7 Å². The van der Waals surface area contributed by atoms with Crippen molar-refractivity contribution in [2.75, 3.05) is 12.4 Å². The van der Waals surface area contributed by atoms with Gasteiger partial charge in [-0.25, -0.2) is 4.79 Å². The zero-order valence-electron chi connectivity index (χ0n) is 17.4. The van der Waals surface area contributed by atoms with E-state index in [0.717, 1.165) is 6.07 Å². The van der Waals surface area contributed by atoms with Crippen molar-refractivity contribution in [3.8, 4) is 17.2 Å². The molecule has 3 rings (SSSR count). The molecule has 0 atom stereocenters. The fourth-order valence-corrected chi connectivity index (χ4v) is 3.54. The first-order valence-corrected chi connectivity index (χ1v) is 10.3. The Kier molecular flexibility index (Phi) is 7.30. The summed E-state index contributed by atoms with van der Waals surface area (Å²) in [5, 5.41) is 23.5. The summed E-state index contributed by atoms with van der Waals surface area (Å²) < 4.78 is 50.1. The third-order valence-electron chi connectivity index (χ3n) is 4.59. The molecule has 0 aliphatic heterocycles. The fraction of sp³-hybridized carbons (Fsp3) is 0.136. The number of halogens is 4. The number of aromatic carboxylic acids is 1. The Labute approximate surface area is 199 Å². The number of rotatable bonds is 8. The Bertz CT molecular complexity index is 1250. The van der Waals surface area contributed by atoms with Crippen LogP contribution in [0.3, 0.4) is 0 Å². The van der Waals surface area contributed by atoms with E-state index in [1.807, 2.05) is 0 Å². The summed E-state index contributed by atoms with van der Waals surface area (Å²) in [4.78, 5) is 21.5. The van der Waals surface area contributed by atoms with Crippen molar-refractivity contribution in [3.63, 3.8) is 0 Å². The number of ether oxygens (including phenoxy) is 2. The van der Waals surface area contributed by atoms with Crippen LogP contribution in [0.1, 0.15) is 21.5 Å². The van der Waals surface area contributed by atoms with Crippen molar-refractivity contribution >= 4 is 33.3 Å². The van der Waals surface area contributed by atoms with Gasteiger partial charge in [0.1, 0.15) is 0 Å². The zero-order valence-corrected chi connectivity index (χ0v) is 18.9. The van der Waals surface area contributed by atoms with Crippen LogP contribution in [0, 0.1) is 10.1 Å². The highest BCUT2D eigenvalue weighted by atomic mass is 79.9. The Morgan fingerprint density at radius 3 is 2.50 bits per heavy atom. The molecule has 0 bridgehead atoms. The third-order valence-corrected chi connectivity index (χ3v) is 5.18. The van der Waals surface area contributed by atoms with Crippen molar-refractivity contribution in [2.24, 2.45) is 0 Å². The molecule has 0 saturated heterocycles. The van der Waals surface area contributed by atoms with Crippen molar-refractivity contribution in [1.82, 2.24) is 0 Å². The molecule has 12 heteroatoms. The predicted octanol–water partition coefficient (Wildman–Crippen LogP) is 6.49. The smallest absolute Gasteiger partial charge is 0.416 e. The van der Waals surface area contributed by atoms with E-state index >= 15 is 0 Å². The second-order valence-corrected chi connectivity index (χ2v) is 7.74. The van der Waals surface area contributed by atoms with Gasteiger partial charge < -0.3 is 19.9 Å². The quantitative estimate of drug-likeness (QED) is 0.248.